The van der Waals surface area contributed by atoms with Crippen molar-refractivity contribution < 1.29 is 9.90 Å². The van der Waals surface area contributed by atoms with Gasteiger partial charge in [-0.1, -0.05) is 17.2 Å². The lowest BCUT2D eigenvalue weighted by Gasteiger charge is -2.15. The number of anilines is 1. The van der Waals surface area contributed by atoms with Crippen LogP contribution in [-0.4, -0.2) is 25.2 Å². The number of hydrogen-bond acceptors (Lipinski definition) is 3. The highest BCUT2D eigenvalue weighted by atomic mass is 16.4. The SMILES string of the molecule is CN(C)c1ccc(C(CCC(=O)O)N=[N+]=[N-])cc1. The van der Waals surface area contributed by atoms with Crippen LogP contribution in [0, 0.1) is 0 Å². The Morgan fingerprint density at radius 1 is 1.44 bits per heavy atom. The smallest absolute Gasteiger partial charge is 0.303 e. The zero-order valence-electron chi connectivity index (χ0n) is 10.4. The van der Waals surface area contributed by atoms with E-state index < -0.39 is 12.0 Å². The van der Waals surface area contributed by atoms with Crippen LogP contribution in [0.15, 0.2) is 29.4 Å². The summed E-state index contributed by atoms with van der Waals surface area (Å²) in [5, 5.41) is 12.3. The van der Waals surface area contributed by atoms with E-state index in [1.807, 2.05) is 43.3 Å². The number of benzene rings is 1. The van der Waals surface area contributed by atoms with Crippen molar-refractivity contribution in [3.63, 3.8) is 0 Å². The molecule has 0 fully saturated rings. The summed E-state index contributed by atoms with van der Waals surface area (Å²) in [5.74, 6) is -0.891. The van der Waals surface area contributed by atoms with Gasteiger partial charge in [-0.15, -0.1) is 0 Å². The summed E-state index contributed by atoms with van der Waals surface area (Å²) in [6.45, 7) is 0. The van der Waals surface area contributed by atoms with Crippen LogP contribution in [0.3, 0.4) is 0 Å². The lowest BCUT2D eigenvalue weighted by Crippen LogP contribution is -2.08. The van der Waals surface area contributed by atoms with E-state index >= 15 is 0 Å². The third kappa shape index (κ3) is 3.99. The highest BCUT2D eigenvalue weighted by Crippen LogP contribution is 2.25. The largest absolute Gasteiger partial charge is 0.481 e. The molecule has 1 unspecified atom stereocenters. The van der Waals surface area contributed by atoms with Crippen molar-refractivity contribution in [2.24, 2.45) is 5.11 Å². The molecule has 1 N–H and O–H groups in total. The lowest BCUT2D eigenvalue weighted by molar-refractivity contribution is -0.137. The molecule has 0 aliphatic rings. The van der Waals surface area contributed by atoms with Crippen LogP contribution in [0.25, 0.3) is 10.4 Å². The van der Waals surface area contributed by atoms with Crippen molar-refractivity contribution in [3.8, 4) is 0 Å². The van der Waals surface area contributed by atoms with Gasteiger partial charge in [-0.3, -0.25) is 4.79 Å². The fourth-order valence-corrected chi connectivity index (χ4v) is 1.61. The first-order valence-electron chi connectivity index (χ1n) is 5.58. The van der Waals surface area contributed by atoms with Gasteiger partial charge >= 0.3 is 5.97 Å². The molecule has 96 valence electrons. The number of rotatable bonds is 6. The Balaban J connectivity index is 2.85. The third-order valence-electron chi connectivity index (χ3n) is 2.62. The molecule has 18 heavy (non-hydrogen) atoms. The Labute approximate surface area is 105 Å². The lowest BCUT2D eigenvalue weighted by atomic mass is 10.0. The van der Waals surface area contributed by atoms with E-state index in [2.05, 4.69) is 10.0 Å². The summed E-state index contributed by atoms with van der Waals surface area (Å²) >= 11 is 0. The number of aliphatic carboxylic acids is 1. The number of azide groups is 1. The molecule has 1 aromatic rings. The van der Waals surface area contributed by atoms with Crippen molar-refractivity contribution in [2.45, 2.75) is 18.9 Å². The van der Waals surface area contributed by atoms with Crippen molar-refractivity contribution in [2.75, 3.05) is 19.0 Å². The maximum atomic E-state index is 10.5. The van der Waals surface area contributed by atoms with Gasteiger partial charge in [0.05, 0.1) is 6.04 Å². The molecule has 0 saturated heterocycles. The van der Waals surface area contributed by atoms with Gasteiger partial charge < -0.3 is 10.0 Å². The van der Waals surface area contributed by atoms with E-state index in [0.717, 1.165) is 11.3 Å². The van der Waals surface area contributed by atoms with Crippen molar-refractivity contribution >= 4 is 11.7 Å². The standard InChI is InChI=1S/C12H16N4O2/c1-16(2)10-5-3-9(4-6-10)11(14-15-13)7-8-12(17)18/h3-6,11H,7-8H2,1-2H3,(H,17,18). The van der Waals surface area contributed by atoms with Crippen LogP contribution in [0.5, 0.6) is 0 Å². The zero-order chi connectivity index (χ0) is 13.5. The second-order valence-corrected chi connectivity index (χ2v) is 4.14. The number of hydrogen-bond donors (Lipinski definition) is 1. The maximum absolute atomic E-state index is 10.5. The minimum absolute atomic E-state index is 0.0148. The quantitative estimate of drug-likeness (QED) is 0.476. The average molecular weight is 248 g/mol. The Kier molecular flexibility index (Phi) is 5.02. The molecule has 0 bridgehead atoms. The van der Waals surface area contributed by atoms with E-state index in [0.29, 0.717) is 6.42 Å². The van der Waals surface area contributed by atoms with E-state index in [-0.39, 0.29) is 6.42 Å². The van der Waals surface area contributed by atoms with Crippen LogP contribution >= 0.6 is 0 Å². The molecule has 1 aromatic carbocycles. The first kappa shape index (κ1) is 13.9. The summed E-state index contributed by atoms with van der Waals surface area (Å²) in [6.07, 6.45) is 0.291. The highest BCUT2D eigenvalue weighted by molar-refractivity contribution is 5.66. The highest BCUT2D eigenvalue weighted by Gasteiger charge is 2.11. The fraction of sp³-hybridized carbons (Fsp3) is 0.417. The number of carboxylic acids is 1. The first-order chi connectivity index (χ1) is 8.54. The summed E-state index contributed by atoms with van der Waals surface area (Å²) in [5.41, 5.74) is 10.4. The van der Waals surface area contributed by atoms with Crippen LogP contribution < -0.4 is 4.90 Å². The summed E-state index contributed by atoms with van der Waals surface area (Å²) < 4.78 is 0. The number of nitrogens with zero attached hydrogens (tertiary/aromatic N) is 4. The third-order valence-corrected chi connectivity index (χ3v) is 2.62. The van der Waals surface area contributed by atoms with Gasteiger partial charge in [0.1, 0.15) is 0 Å². The molecule has 0 heterocycles. The molecule has 0 aliphatic heterocycles. The number of carbonyl (C=O) groups is 1. The van der Waals surface area contributed by atoms with Crippen LogP contribution in [-0.2, 0) is 4.79 Å². The first-order valence-corrected chi connectivity index (χ1v) is 5.58. The normalized spacial score (nSPS) is 11.4. The molecule has 6 nitrogen and oxygen atoms in total. The molecule has 6 heteroatoms. The van der Waals surface area contributed by atoms with E-state index in [1.54, 1.807) is 0 Å². The molecular formula is C12H16N4O2. The molecule has 0 amide bonds. The van der Waals surface area contributed by atoms with Gasteiger partial charge in [0, 0.05) is 31.1 Å². The van der Waals surface area contributed by atoms with E-state index in [4.69, 9.17) is 10.6 Å². The van der Waals surface area contributed by atoms with Gasteiger partial charge in [0.2, 0.25) is 0 Å². The molecule has 0 aliphatic carbocycles. The molecule has 0 aromatic heterocycles. The van der Waals surface area contributed by atoms with Gasteiger partial charge in [-0.2, -0.15) is 0 Å². The Morgan fingerprint density at radius 3 is 2.50 bits per heavy atom. The molecule has 0 spiro atoms. The second-order valence-electron chi connectivity index (χ2n) is 4.14. The molecule has 0 saturated carbocycles. The molecular weight excluding hydrogens is 232 g/mol. The summed E-state index contributed by atoms with van der Waals surface area (Å²) in [7, 11) is 3.87. The van der Waals surface area contributed by atoms with Crippen molar-refractivity contribution in [1.29, 1.82) is 0 Å². The van der Waals surface area contributed by atoms with Crippen molar-refractivity contribution in [1.82, 2.24) is 0 Å². The van der Waals surface area contributed by atoms with Gasteiger partial charge in [-0.05, 0) is 29.6 Å². The Bertz CT molecular complexity index is 450. The van der Waals surface area contributed by atoms with Crippen LogP contribution in [0.2, 0.25) is 0 Å². The molecule has 1 rings (SSSR count). The topological polar surface area (TPSA) is 89.3 Å². The van der Waals surface area contributed by atoms with E-state index in [1.165, 1.54) is 0 Å². The van der Waals surface area contributed by atoms with Crippen molar-refractivity contribution in [3.05, 3.63) is 40.3 Å². The monoisotopic (exact) mass is 248 g/mol. The van der Waals surface area contributed by atoms with Crippen LogP contribution in [0.4, 0.5) is 5.69 Å². The maximum Gasteiger partial charge on any atom is 0.303 e. The van der Waals surface area contributed by atoms with Gasteiger partial charge in [0.15, 0.2) is 0 Å². The predicted molar refractivity (Wildman–Crippen MR) is 69.5 cm³/mol. The fourth-order valence-electron chi connectivity index (χ4n) is 1.61. The predicted octanol–water partition coefficient (Wildman–Crippen LogP) is 2.97. The zero-order valence-corrected chi connectivity index (χ0v) is 10.4. The average Bonchev–Trinajstić information content (AvgIpc) is 2.34. The van der Waals surface area contributed by atoms with E-state index in [9.17, 15) is 4.79 Å². The molecule has 0 radical (unpaired) electrons. The second kappa shape index (κ2) is 6.51. The summed E-state index contributed by atoms with van der Waals surface area (Å²) in [6, 6.07) is 7.11. The Hall–Kier alpha value is -2.20. The van der Waals surface area contributed by atoms with Gasteiger partial charge in [-0.25, -0.2) is 0 Å². The Morgan fingerprint density at radius 2 is 2.06 bits per heavy atom. The van der Waals surface area contributed by atoms with Gasteiger partial charge in [0.25, 0.3) is 0 Å². The minimum atomic E-state index is -0.891. The minimum Gasteiger partial charge on any atom is -0.481 e. The van der Waals surface area contributed by atoms with Crippen LogP contribution in [0.1, 0.15) is 24.4 Å². The molecule has 1 atom stereocenters. The summed E-state index contributed by atoms with van der Waals surface area (Å²) in [4.78, 5) is 15.3. The number of carboxylic acid groups (broad SMARTS) is 1.